The SMILES string of the molecule is CCOC(=O)[C@]1(C)OS(=O)OC1[C@@H]1COC(C)(C)O1. The molecule has 0 aromatic heterocycles. The molecule has 0 amide bonds. The van der Waals surface area contributed by atoms with E-state index in [4.69, 9.17) is 22.6 Å². The van der Waals surface area contributed by atoms with E-state index in [9.17, 15) is 9.00 Å². The van der Waals surface area contributed by atoms with Gasteiger partial charge in [0.2, 0.25) is 5.60 Å². The largest absolute Gasteiger partial charge is 0.464 e. The Morgan fingerprint density at radius 3 is 2.63 bits per heavy atom. The van der Waals surface area contributed by atoms with E-state index in [0.29, 0.717) is 0 Å². The second kappa shape index (κ2) is 5.10. The zero-order chi connectivity index (χ0) is 14.3. The molecule has 2 aliphatic rings. The average molecular weight is 294 g/mol. The van der Waals surface area contributed by atoms with Crippen molar-refractivity contribution in [3.63, 3.8) is 0 Å². The molecule has 2 unspecified atom stereocenters. The van der Waals surface area contributed by atoms with Gasteiger partial charge in [-0.3, -0.25) is 4.18 Å². The summed E-state index contributed by atoms with van der Waals surface area (Å²) in [5, 5.41) is 0. The van der Waals surface area contributed by atoms with Gasteiger partial charge >= 0.3 is 17.3 Å². The molecule has 0 radical (unpaired) electrons. The van der Waals surface area contributed by atoms with Crippen LogP contribution < -0.4 is 0 Å². The normalized spacial score (nSPS) is 41.4. The quantitative estimate of drug-likeness (QED) is 0.699. The minimum atomic E-state index is -2.00. The summed E-state index contributed by atoms with van der Waals surface area (Å²) in [4.78, 5) is 12.0. The number of hydrogen-bond donors (Lipinski definition) is 0. The molecule has 4 atom stereocenters. The lowest BCUT2D eigenvalue weighted by molar-refractivity contribution is -0.175. The van der Waals surface area contributed by atoms with Gasteiger partial charge in [0.15, 0.2) is 5.79 Å². The van der Waals surface area contributed by atoms with Crippen LogP contribution in [0.25, 0.3) is 0 Å². The van der Waals surface area contributed by atoms with Gasteiger partial charge in [0.1, 0.15) is 12.2 Å². The minimum Gasteiger partial charge on any atom is -0.464 e. The third kappa shape index (κ3) is 2.82. The molecule has 8 heteroatoms. The Bertz CT molecular complexity index is 397. The maximum absolute atomic E-state index is 12.0. The summed E-state index contributed by atoms with van der Waals surface area (Å²) < 4.78 is 37.7. The van der Waals surface area contributed by atoms with Crippen molar-refractivity contribution in [1.29, 1.82) is 0 Å². The van der Waals surface area contributed by atoms with Crippen LogP contribution in [0.3, 0.4) is 0 Å². The van der Waals surface area contributed by atoms with Crippen molar-refractivity contribution < 1.29 is 31.6 Å². The van der Waals surface area contributed by atoms with E-state index in [1.165, 1.54) is 6.92 Å². The standard InChI is InChI=1S/C11H18O7S/c1-5-14-9(12)11(4)8(17-19(13)18-11)7-6-15-10(2,3)16-7/h7-8H,5-6H2,1-4H3/t7-,8?,11+,19?/m0/s1. The Morgan fingerprint density at radius 1 is 1.42 bits per heavy atom. The number of carbonyl (C=O) groups excluding carboxylic acids is 1. The van der Waals surface area contributed by atoms with Crippen LogP contribution >= 0.6 is 0 Å². The Labute approximate surface area is 114 Å². The molecule has 0 aliphatic carbocycles. The van der Waals surface area contributed by atoms with Gasteiger partial charge in [-0.25, -0.2) is 8.98 Å². The topological polar surface area (TPSA) is 80.3 Å². The Balaban J connectivity index is 2.18. The summed E-state index contributed by atoms with van der Waals surface area (Å²) >= 11 is -2.00. The fourth-order valence-corrected chi connectivity index (χ4v) is 3.05. The fourth-order valence-electron chi connectivity index (χ4n) is 2.09. The van der Waals surface area contributed by atoms with Gasteiger partial charge in [-0.05, 0) is 27.7 Å². The van der Waals surface area contributed by atoms with Crippen molar-refractivity contribution in [3.8, 4) is 0 Å². The summed E-state index contributed by atoms with van der Waals surface area (Å²) in [5.74, 6) is -1.40. The molecule has 7 nitrogen and oxygen atoms in total. The molecular formula is C11H18O7S. The van der Waals surface area contributed by atoms with Gasteiger partial charge in [0.05, 0.1) is 13.2 Å². The summed E-state index contributed by atoms with van der Waals surface area (Å²) in [6.07, 6.45) is -1.38. The van der Waals surface area contributed by atoms with E-state index >= 15 is 0 Å². The van der Waals surface area contributed by atoms with E-state index in [2.05, 4.69) is 0 Å². The number of esters is 1. The molecule has 0 aromatic carbocycles. The monoisotopic (exact) mass is 294 g/mol. The summed E-state index contributed by atoms with van der Waals surface area (Å²) in [6.45, 7) is 7.09. The minimum absolute atomic E-state index is 0.199. The molecular weight excluding hydrogens is 276 g/mol. The van der Waals surface area contributed by atoms with Crippen LogP contribution in [0.15, 0.2) is 0 Å². The van der Waals surface area contributed by atoms with Crippen molar-refractivity contribution in [1.82, 2.24) is 0 Å². The number of ether oxygens (including phenoxy) is 3. The van der Waals surface area contributed by atoms with Gasteiger partial charge in [-0.1, -0.05) is 0 Å². The third-order valence-electron chi connectivity index (χ3n) is 3.02. The molecule has 0 aromatic rings. The van der Waals surface area contributed by atoms with Crippen LogP contribution in [-0.4, -0.2) is 47.0 Å². The predicted octanol–water partition coefficient (Wildman–Crippen LogP) is 0.454. The summed E-state index contributed by atoms with van der Waals surface area (Å²) in [6, 6.07) is 0. The third-order valence-corrected chi connectivity index (χ3v) is 3.86. The number of carbonyl (C=O) groups is 1. The van der Waals surface area contributed by atoms with E-state index < -0.39 is 40.9 Å². The molecule has 19 heavy (non-hydrogen) atoms. The van der Waals surface area contributed by atoms with Crippen LogP contribution in [-0.2, 0) is 38.7 Å². The van der Waals surface area contributed by atoms with Gasteiger partial charge in [0.25, 0.3) is 0 Å². The van der Waals surface area contributed by atoms with Gasteiger partial charge in [-0.2, -0.15) is 4.21 Å². The van der Waals surface area contributed by atoms with E-state index in [0.717, 1.165) is 0 Å². The smallest absolute Gasteiger partial charge is 0.342 e. The molecule has 2 aliphatic heterocycles. The summed E-state index contributed by atoms with van der Waals surface area (Å²) in [5.41, 5.74) is -1.46. The maximum Gasteiger partial charge on any atom is 0.342 e. The van der Waals surface area contributed by atoms with Gasteiger partial charge in [0, 0.05) is 0 Å². The molecule has 0 bridgehead atoms. The zero-order valence-electron chi connectivity index (χ0n) is 11.3. The number of rotatable bonds is 3. The van der Waals surface area contributed by atoms with E-state index in [-0.39, 0.29) is 13.2 Å². The molecule has 2 fully saturated rings. The van der Waals surface area contributed by atoms with Crippen molar-refractivity contribution in [2.45, 2.75) is 51.3 Å². The molecule has 0 saturated carbocycles. The first-order chi connectivity index (χ1) is 8.78. The molecule has 0 spiro atoms. The van der Waals surface area contributed by atoms with Gasteiger partial charge in [-0.15, -0.1) is 0 Å². The van der Waals surface area contributed by atoms with Crippen molar-refractivity contribution in [3.05, 3.63) is 0 Å². The molecule has 2 saturated heterocycles. The van der Waals surface area contributed by atoms with E-state index in [1.54, 1.807) is 20.8 Å². The zero-order valence-corrected chi connectivity index (χ0v) is 12.2. The van der Waals surface area contributed by atoms with Crippen LogP contribution in [0, 0.1) is 0 Å². The first-order valence-corrected chi connectivity index (χ1v) is 7.06. The predicted molar refractivity (Wildman–Crippen MR) is 64.0 cm³/mol. The highest BCUT2D eigenvalue weighted by Crippen LogP contribution is 2.37. The van der Waals surface area contributed by atoms with Crippen LogP contribution in [0.4, 0.5) is 0 Å². The lowest BCUT2D eigenvalue weighted by Crippen LogP contribution is -2.52. The van der Waals surface area contributed by atoms with Crippen LogP contribution in [0.1, 0.15) is 27.7 Å². The Kier molecular flexibility index (Phi) is 3.99. The van der Waals surface area contributed by atoms with Crippen LogP contribution in [0.2, 0.25) is 0 Å². The lowest BCUT2D eigenvalue weighted by atomic mass is 9.95. The first-order valence-electron chi connectivity index (χ1n) is 6.06. The Hall–Kier alpha value is -0.540. The van der Waals surface area contributed by atoms with Crippen molar-refractivity contribution in [2.75, 3.05) is 13.2 Å². The average Bonchev–Trinajstić information content (AvgIpc) is 2.80. The van der Waals surface area contributed by atoms with E-state index in [1.807, 2.05) is 0 Å². The lowest BCUT2D eigenvalue weighted by Gasteiger charge is -2.27. The van der Waals surface area contributed by atoms with Crippen LogP contribution in [0.5, 0.6) is 0 Å². The molecule has 110 valence electrons. The highest BCUT2D eigenvalue weighted by molar-refractivity contribution is 7.75. The summed E-state index contributed by atoms with van der Waals surface area (Å²) in [7, 11) is 0. The maximum atomic E-state index is 12.0. The number of hydrogen-bond acceptors (Lipinski definition) is 7. The van der Waals surface area contributed by atoms with Crippen molar-refractivity contribution >= 4 is 17.3 Å². The Morgan fingerprint density at radius 2 is 2.11 bits per heavy atom. The highest BCUT2D eigenvalue weighted by Gasteiger charge is 2.59. The second-order valence-corrected chi connectivity index (χ2v) is 5.77. The molecule has 0 N–H and O–H groups in total. The molecule has 2 rings (SSSR count). The highest BCUT2D eigenvalue weighted by atomic mass is 32.2. The van der Waals surface area contributed by atoms with Gasteiger partial charge < -0.3 is 14.2 Å². The second-order valence-electron chi connectivity index (χ2n) is 5.00. The van der Waals surface area contributed by atoms with Crippen molar-refractivity contribution in [2.24, 2.45) is 0 Å². The first kappa shape index (κ1) is 14.9. The fraction of sp³-hybridized carbons (Fsp3) is 0.909. The molecule has 2 heterocycles.